The van der Waals surface area contributed by atoms with Gasteiger partial charge in [-0.3, -0.25) is 4.79 Å². The number of nitrogens with one attached hydrogen (secondary N) is 2. The predicted octanol–water partition coefficient (Wildman–Crippen LogP) is 5.48. The number of halogens is 1. The SMILES string of the molecule is O=C(c1ccc2oc(NCc3cccc(Cl)c3)nc2c1)N(CCC1CCNC1)C1CCCC1. The van der Waals surface area contributed by atoms with Crippen molar-refractivity contribution < 1.29 is 9.21 Å². The number of anilines is 1. The van der Waals surface area contributed by atoms with E-state index in [1.54, 1.807) is 0 Å². The molecule has 6 nitrogen and oxygen atoms in total. The van der Waals surface area contributed by atoms with E-state index in [-0.39, 0.29) is 5.91 Å². The molecule has 5 rings (SSSR count). The number of rotatable bonds is 8. The fourth-order valence-electron chi connectivity index (χ4n) is 5.07. The number of hydrogen-bond acceptors (Lipinski definition) is 5. The van der Waals surface area contributed by atoms with Crippen molar-refractivity contribution in [1.82, 2.24) is 15.2 Å². The van der Waals surface area contributed by atoms with Gasteiger partial charge >= 0.3 is 0 Å². The lowest BCUT2D eigenvalue weighted by Crippen LogP contribution is -2.40. The smallest absolute Gasteiger partial charge is 0.295 e. The van der Waals surface area contributed by atoms with E-state index in [4.69, 9.17) is 16.0 Å². The highest BCUT2D eigenvalue weighted by Crippen LogP contribution is 2.28. The monoisotopic (exact) mass is 466 g/mol. The first kappa shape index (κ1) is 22.2. The molecule has 1 aliphatic carbocycles. The maximum atomic E-state index is 13.6. The number of fused-ring (bicyclic) bond motifs is 1. The van der Waals surface area contributed by atoms with Crippen molar-refractivity contribution in [3.63, 3.8) is 0 Å². The molecule has 1 saturated heterocycles. The Bertz CT molecular complexity index is 1100. The van der Waals surface area contributed by atoms with Crippen molar-refractivity contribution in [3.05, 3.63) is 58.6 Å². The van der Waals surface area contributed by atoms with Gasteiger partial charge in [-0.25, -0.2) is 0 Å². The molecule has 1 amide bonds. The maximum Gasteiger partial charge on any atom is 0.295 e. The molecule has 1 aromatic heterocycles. The first-order chi connectivity index (χ1) is 16.2. The average molecular weight is 467 g/mol. The summed E-state index contributed by atoms with van der Waals surface area (Å²) in [5.41, 5.74) is 3.10. The van der Waals surface area contributed by atoms with Crippen LogP contribution in [0, 0.1) is 5.92 Å². The van der Waals surface area contributed by atoms with Crippen LogP contribution in [-0.4, -0.2) is 41.5 Å². The summed E-state index contributed by atoms with van der Waals surface area (Å²) >= 11 is 6.06. The van der Waals surface area contributed by atoms with Crippen molar-refractivity contribution >= 4 is 34.6 Å². The summed E-state index contributed by atoms with van der Waals surface area (Å²) in [6.45, 7) is 3.56. The van der Waals surface area contributed by atoms with Crippen molar-refractivity contribution in [3.8, 4) is 0 Å². The third-order valence-electron chi connectivity index (χ3n) is 6.93. The first-order valence-electron chi connectivity index (χ1n) is 12.1. The fourth-order valence-corrected chi connectivity index (χ4v) is 5.29. The summed E-state index contributed by atoms with van der Waals surface area (Å²) in [5.74, 6) is 0.791. The van der Waals surface area contributed by atoms with E-state index in [9.17, 15) is 4.79 Å². The molecule has 2 aromatic carbocycles. The van der Waals surface area contributed by atoms with Crippen LogP contribution in [0.25, 0.3) is 11.1 Å². The summed E-state index contributed by atoms with van der Waals surface area (Å²) < 4.78 is 5.84. The second-order valence-electron chi connectivity index (χ2n) is 9.27. The van der Waals surface area contributed by atoms with Gasteiger partial charge in [0.15, 0.2) is 5.58 Å². The molecule has 2 aliphatic rings. The molecular weight excluding hydrogens is 436 g/mol. The van der Waals surface area contributed by atoms with Crippen LogP contribution in [0.3, 0.4) is 0 Å². The molecule has 2 heterocycles. The number of benzene rings is 2. The van der Waals surface area contributed by atoms with E-state index in [2.05, 4.69) is 20.5 Å². The van der Waals surface area contributed by atoms with Gasteiger partial charge in [-0.05, 0) is 80.6 Å². The molecule has 1 saturated carbocycles. The van der Waals surface area contributed by atoms with E-state index in [1.165, 1.54) is 19.3 Å². The van der Waals surface area contributed by atoms with E-state index in [0.29, 0.717) is 46.2 Å². The van der Waals surface area contributed by atoms with Gasteiger partial charge in [0.25, 0.3) is 11.9 Å². The minimum absolute atomic E-state index is 0.117. The fraction of sp³-hybridized carbons (Fsp3) is 0.462. The largest absolute Gasteiger partial charge is 0.424 e. The molecule has 0 bridgehead atoms. The number of amides is 1. The summed E-state index contributed by atoms with van der Waals surface area (Å²) in [4.78, 5) is 20.3. The van der Waals surface area contributed by atoms with Crippen LogP contribution >= 0.6 is 11.6 Å². The Kier molecular flexibility index (Phi) is 6.83. The van der Waals surface area contributed by atoms with Crippen molar-refractivity contribution in [2.24, 2.45) is 5.92 Å². The second kappa shape index (κ2) is 10.1. The number of hydrogen-bond donors (Lipinski definition) is 2. The Hall–Kier alpha value is -2.57. The zero-order chi connectivity index (χ0) is 22.6. The highest BCUT2D eigenvalue weighted by atomic mass is 35.5. The third kappa shape index (κ3) is 5.33. The quantitative estimate of drug-likeness (QED) is 0.460. The molecule has 1 unspecified atom stereocenters. The topological polar surface area (TPSA) is 70.4 Å². The van der Waals surface area contributed by atoms with Gasteiger partial charge in [0, 0.05) is 29.7 Å². The molecule has 174 valence electrons. The van der Waals surface area contributed by atoms with E-state index >= 15 is 0 Å². The number of carbonyl (C=O) groups is 1. The number of aromatic nitrogens is 1. The maximum absolute atomic E-state index is 13.6. The Labute approximate surface area is 199 Å². The molecule has 2 fully saturated rings. The lowest BCUT2D eigenvalue weighted by Gasteiger charge is -2.30. The van der Waals surface area contributed by atoms with Crippen molar-refractivity contribution in [2.45, 2.75) is 51.1 Å². The summed E-state index contributed by atoms with van der Waals surface area (Å²) in [6.07, 6.45) is 6.92. The molecular formula is C26H31ClN4O2. The van der Waals surface area contributed by atoms with Crippen LogP contribution in [-0.2, 0) is 6.54 Å². The lowest BCUT2D eigenvalue weighted by molar-refractivity contribution is 0.0670. The Morgan fingerprint density at radius 3 is 2.85 bits per heavy atom. The number of oxazole rings is 1. The zero-order valence-electron chi connectivity index (χ0n) is 18.9. The van der Waals surface area contributed by atoms with E-state index < -0.39 is 0 Å². The normalized spacial score (nSPS) is 18.8. The summed E-state index contributed by atoms with van der Waals surface area (Å²) in [7, 11) is 0. The minimum Gasteiger partial charge on any atom is -0.424 e. The molecule has 33 heavy (non-hydrogen) atoms. The van der Waals surface area contributed by atoms with Gasteiger partial charge in [0.05, 0.1) is 0 Å². The minimum atomic E-state index is 0.117. The second-order valence-corrected chi connectivity index (χ2v) is 9.71. The Morgan fingerprint density at radius 2 is 2.06 bits per heavy atom. The van der Waals surface area contributed by atoms with Crippen LogP contribution in [0.1, 0.15) is 54.4 Å². The Morgan fingerprint density at radius 1 is 1.18 bits per heavy atom. The van der Waals surface area contributed by atoms with E-state index in [1.807, 2.05) is 42.5 Å². The van der Waals surface area contributed by atoms with Gasteiger partial charge < -0.3 is 20.0 Å². The number of carbonyl (C=O) groups excluding carboxylic acids is 1. The van der Waals surface area contributed by atoms with Crippen LogP contribution in [0.2, 0.25) is 5.02 Å². The number of nitrogens with zero attached hydrogens (tertiary/aromatic N) is 2. The highest BCUT2D eigenvalue weighted by molar-refractivity contribution is 6.30. The van der Waals surface area contributed by atoms with Gasteiger partial charge in [-0.15, -0.1) is 0 Å². The first-order valence-corrected chi connectivity index (χ1v) is 12.4. The van der Waals surface area contributed by atoms with E-state index in [0.717, 1.165) is 44.5 Å². The van der Waals surface area contributed by atoms with Gasteiger partial charge in [-0.1, -0.05) is 36.6 Å². The lowest BCUT2D eigenvalue weighted by atomic mass is 10.0. The Balaban J connectivity index is 1.29. The van der Waals surface area contributed by atoms with Crippen LogP contribution in [0.5, 0.6) is 0 Å². The van der Waals surface area contributed by atoms with Gasteiger partial charge in [0.1, 0.15) is 5.52 Å². The molecule has 1 atom stereocenters. The molecule has 2 N–H and O–H groups in total. The molecule has 3 aromatic rings. The van der Waals surface area contributed by atoms with Crippen molar-refractivity contribution in [1.29, 1.82) is 0 Å². The zero-order valence-corrected chi connectivity index (χ0v) is 19.6. The predicted molar refractivity (Wildman–Crippen MR) is 132 cm³/mol. The molecule has 1 aliphatic heterocycles. The van der Waals surface area contributed by atoms with Gasteiger partial charge in [-0.2, -0.15) is 4.98 Å². The standard InChI is InChI=1S/C26H31ClN4O2/c27-21-5-3-4-19(14-21)17-29-26-30-23-15-20(8-9-24(23)33-26)25(32)31(22-6-1-2-7-22)13-11-18-10-12-28-16-18/h3-5,8-9,14-15,18,22,28H,1-2,6-7,10-13,16-17H2,(H,29,30). The van der Waals surface area contributed by atoms with Crippen LogP contribution < -0.4 is 10.6 Å². The van der Waals surface area contributed by atoms with Gasteiger partial charge in [0.2, 0.25) is 0 Å². The van der Waals surface area contributed by atoms with Crippen LogP contribution in [0.4, 0.5) is 6.01 Å². The highest BCUT2D eigenvalue weighted by Gasteiger charge is 2.28. The van der Waals surface area contributed by atoms with Crippen LogP contribution in [0.15, 0.2) is 46.9 Å². The molecule has 0 spiro atoms. The van der Waals surface area contributed by atoms with Crippen molar-refractivity contribution in [2.75, 3.05) is 25.0 Å². The molecule has 7 heteroatoms. The summed E-state index contributed by atoms with van der Waals surface area (Å²) in [6, 6.07) is 14.1. The molecule has 0 radical (unpaired) electrons. The average Bonchev–Trinajstić information content (AvgIpc) is 3.59. The third-order valence-corrected chi connectivity index (χ3v) is 7.17. The summed E-state index contributed by atoms with van der Waals surface area (Å²) in [5, 5.41) is 7.35.